The summed E-state index contributed by atoms with van der Waals surface area (Å²) in [5.41, 5.74) is 2.88. The van der Waals surface area contributed by atoms with Gasteiger partial charge in [-0.15, -0.1) is 11.3 Å². The monoisotopic (exact) mass is 272 g/mol. The Morgan fingerprint density at radius 2 is 2.26 bits per heavy atom. The Morgan fingerprint density at radius 1 is 1.42 bits per heavy atom. The molecular formula is C14H12N2O2S. The van der Waals surface area contributed by atoms with E-state index in [9.17, 15) is 4.79 Å². The van der Waals surface area contributed by atoms with Crippen molar-refractivity contribution in [3.8, 4) is 0 Å². The third-order valence-electron chi connectivity index (χ3n) is 2.86. The van der Waals surface area contributed by atoms with Crippen LogP contribution in [0.3, 0.4) is 0 Å². The summed E-state index contributed by atoms with van der Waals surface area (Å²) in [6.45, 7) is 3.99. The Morgan fingerprint density at radius 3 is 3.00 bits per heavy atom. The lowest BCUT2D eigenvalue weighted by Gasteiger charge is -2.04. The molecule has 0 saturated heterocycles. The van der Waals surface area contributed by atoms with E-state index in [1.165, 1.54) is 17.6 Å². The van der Waals surface area contributed by atoms with E-state index in [2.05, 4.69) is 10.3 Å². The van der Waals surface area contributed by atoms with Crippen LogP contribution in [0.2, 0.25) is 0 Å². The van der Waals surface area contributed by atoms with Crippen molar-refractivity contribution in [3.05, 3.63) is 46.9 Å². The molecule has 3 aromatic heterocycles. The Balaban J connectivity index is 2.00. The van der Waals surface area contributed by atoms with E-state index >= 15 is 0 Å². The van der Waals surface area contributed by atoms with E-state index in [1.54, 1.807) is 12.1 Å². The van der Waals surface area contributed by atoms with Gasteiger partial charge < -0.3 is 9.73 Å². The molecule has 4 nitrogen and oxygen atoms in total. The Kier molecular flexibility index (Phi) is 2.83. The zero-order valence-corrected chi connectivity index (χ0v) is 11.4. The van der Waals surface area contributed by atoms with Crippen molar-refractivity contribution in [2.24, 2.45) is 0 Å². The van der Waals surface area contributed by atoms with Gasteiger partial charge in [0.15, 0.2) is 5.76 Å². The highest BCUT2D eigenvalue weighted by molar-refractivity contribution is 7.17. The van der Waals surface area contributed by atoms with E-state index in [0.29, 0.717) is 5.76 Å². The van der Waals surface area contributed by atoms with E-state index in [4.69, 9.17) is 4.42 Å². The molecule has 0 aliphatic rings. The second kappa shape index (κ2) is 4.51. The summed E-state index contributed by atoms with van der Waals surface area (Å²) in [4.78, 5) is 17.4. The van der Waals surface area contributed by atoms with Crippen molar-refractivity contribution < 1.29 is 9.21 Å². The summed E-state index contributed by atoms with van der Waals surface area (Å²) < 4.78 is 5.08. The van der Waals surface area contributed by atoms with Crippen LogP contribution in [-0.2, 0) is 0 Å². The number of pyridine rings is 1. The normalized spacial score (nSPS) is 10.8. The molecule has 1 N–H and O–H groups in total. The van der Waals surface area contributed by atoms with Crippen molar-refractivity contribution >= 4 is 33.1 Å². The molecule has 5 heteroatoms. The summed E-state index contributed by atoms with van der Waals surface area (Å²) in [6.07, 6.45) is 1.48. The van der Waals surface area contributed by atoms with Crippen LogP contribution in [0, 0.1) is 13.8 Å². The molecule has 0 radical (unpaired) electrons. The molecule has 0 spiro atoms. The van der Waals surface area contributed by atoms with Crippen LogP contribution >= 0.6 is 11.3 Å². The summed E-state index contributed by atoms with van der Waals surface area (Å²) >= 11 is 1.53. The highest BCUT2D eigenvalue weighted by Gasteiger charge is 2.14. The first-order valence-electron chi connectivity index (χ1n) is 5.85. The molecule has 3 heterocycles. The van der Waals surface area contributed by atoms with Crippen molar-refractivity contribution in [2.45, 2.75) is 13.8 Å². The number of hydrogen-bond donors (Lipinski definition) is 1. The number of anilines is 1. The molecule has 1 amide bonds. The lowest BCUT2D eigenvalue weighted by molar-refractivity contribution is 0.0997. The Labute approximate surface area is 114 Å². The molecule has 0 atom stereocenters. The van der Waals surface area contributed by atoms with Gasteiger partial charge in [-0.1, -0.05) is 0 Å². The fourth-order valence-electron chi connectivity index (χ4n) is 2.07. The number of carbonyl (C=O) groups is 1. The molecular weight excluding hydrogens is 260 g/mol. The molecule has 0 aliphatic carbocycles. The highest BCUT2D eigenvalue weighted by Crippen LogP contribution is 2.32. The molecule has 19 heavy (non-hydrogen) atoms. The highest BCUT2D eigenvalue weighted by atomic mass is 32.1. The molecule has 0 saturated carbocycles. The fraction of sp³-hybridized carbons (Fsp3) is 0.143. The summed E-state index contributed by atoms with van der Waals surface area (Å²) in [7, 11) is 0. The quantitative estimate of drug-likeness (QED) is 0.772. The van der Waals surface area contributed by atoms with Gasteiger partial charge >= 0.3 is 0 Å². The topological polar surface area (TPSA) is 55.1 Å². The number of nitrogens with one attached hydrogen (secondary N) is 1. The number of thiophene rings is 1. The van der Waals surface area contributed by atoms with Crippen molar-refractivity contribution in [1.82, 2.24) is 4.98 Å². The van der Waals surface area contributed by atoms with E-state index in [0.717, 1.165) is 27.2 Å². The molecule has 3 aromatic rings. The minimum atomic E-state index is -0.246. The van der Waals surface area contributed by atoms with Crippen LogP contribution < -0.4 is 5.32 Å². The molecule has 96 valence electrons. The van der Waals surface area contributed by atoms with Crippen molar-refractivity contribution in [2.75, 3.05) is 5.32 Å². The number of fused-ring (bicyclic) bond motifs is 1. The first kappa shape index (κ1) is 11.9. The van der Waals surface area contributed by atoms with Gasteiger partial charge in [0, 0.05) is 16.5 Å². The van der Waals surface area contributed by atoms with E-state index in [1.807, 2.05) is 25.3 Å². The second-order valence-corrected chi connectivity index (χ2v) is 5.20. The maximum absolute atomic E-state index is 12.0. The number of furan rings is 1. The van der Waals surface area contributed by atoms with Gasteiger partial charge in [0.05, 0.1) is 12.0 Å². The molecule has 0 fully saturated rings. The maximum atomic E-state index is 12.0. The number of hydrogen-bond acceptors (Lipinski definition) is 4. The van der Waals surface area contributed by atoms with Crippen LogP contribution in [0.1, 0.15) is 21.8 Å². The van der Waals surface area contributed by atoms with Crippen molar-refractivity contribution in [1.29, 1.82) is 0 Å². The molecule has 0 bridgehead atoms. The fourth-order valence-corrected chi connectivity index (χ4v) is 3.06. The summed E-state index contributed by atoms with van der Waals surface area (Å²) in [6, 6.07) is 5.34. The van der Waals surface area contributed by atoms with Crippen molar-refractivity contribution in [3.63, 3.8) is 0 Å². The molecule has 3 rings (SSSR count). The first-order valence-corrected chi connectivity index (χ1v) is 6.73. The number of aromatic nitrogens is 1. The van der Waals surface area contributed by atoms with Crippen LogP contribution in [-0.4, -0.2) is 10.9 Å². The molecule has 0 aliphatic heterocycles. The average molecular weight is 272 g/mol. The van der Waals surface area contributed by atoms with Gasteiger partial charge in [-0.3, -0.25) is 4.79 Å². The molecule has 0 unspecified atom stereocenters. The second-order valence-electron chi connectivity index (χ2n) is 4.34. The van der Waals surface area contributed by atoms with Gasteiger partial charge in [-0.25, -0.2) is 4.98 Å². The predicted molar refractivity (Wildman–Crippen MR) is 75.8 cm³/mol. The van der Waals surface area contributed by atoms with Crippen LogP contribution in [0.4, 0.5) is 5.69 Å². The first-order chi connectivity index (χ1) is 9.15. The lowest BCUT2D eigenvalue weighted by Crippen LogP contribution is -2.10. The number of amides is 1. The average Bonchev–Trinajstić information content (AvgIpc) is 2.98. The zero-order valence-electron chi connectivity index (χ0n) is 10.6. The third kappa shape index (κ3) is 2.13. The largest absolute Gasteiger partial charge is 0.459 e. The lowest BCUT2D eigenvalue weighted by atomic mass is 10.1. The van der Waals surface area contributed by atoms with E-state index in [-0.39, 0.29) is 5.91 Å². The van der Waals surface area contributed by atoms with Gasteiger partial charge in [0.25, 0.3) is 5.91 Å². The number of aryl methyl sites for hydroxylation is 2. The van der Waals surface area contributed by atoms with Gasteiger partial charge in [-0.2, -0.15) is 0 Å². The third-order valence-corrected chi connectivity index (χ3v) is 3.73. The minimum Gasteiger partial charge on any atom is -0.459 e. The Hall–Kier alpha value is -2.14. The number of nitrogens with zero attached hydrogens (tertiary/aromatic N) is 1. The standard InChI is InChI=1S/C14H12N2O2S/c1-8-6-9(2)15-14-12(8)10(7-19-14)16-13(17)11-4-3-5-18-11/h3-7H,1-2H3,(H,16,17). The smallest absolute Gasteiger partial charge is 0.291 e. The minimum absolute atomic E-state index is 0.246. The number of rotatable bonds is 2. The summed E-state index contributed by atoms with van der Waals surface area (Å²) in [5.74, 6) is 0.0572. The van der Waals surface area contributed by atoms with Crippen LogP contribution in [0.15, 0.2) is 34.3 Å². The van der Waals surface area contributed by atoms with Crippen LogP contribution in [0.5, 0.6) is 0 Å². The molecule has 0 aromatic carbocycles. The van der Waals surface area contributed by atoms with Crippen LogP contribution in [0.25, 0.3) is 10.2 Å². The van der Waals surface area contributed by atoms with Gasteiger partial charge in [0.2, 0.25) is 0 Å². The van der Waals surface area contributed by atoms with E-state index < -0.39 is 0 Å². The van der Waals surface area contributed by atoms with Gasteiger partial charge in [0.1, 0.15) is 4.83 Å². The predicted octanol–water partition coefficient (Wildman–Crippen LogP) is 3.76. The van der Waals surface area contributed by atoms with Gasteiger partial charge in [-0.05, 0) is 37.6 Å². The summed E-state index contributed by atoms with van der Waals surface area (Å²) in [5, 5.41) is 5.77. The Bertz CT molecular complexity index is 744. The SMILES string of the molecule is Cc1cc(C)c2c(NC(=O)c3ccco3)csc2n1. The number of carbonyl (C=O) groups excluding carboxylic acids is 1. The maximum Gasteiger partial charge on any atom is 0.291 e. The zero-order chi connectivity index (χ0) is 13.4.